The second kappa shape index (κ2) is 10.0. The summed E-state index contributed by atoms with van der Waals surface area (Å²) in [6, 6.07) is 1.75. The second-order valence-electron chi connectivity index (χ2n) is 9.56. The Morgan fingerprint density at radius 3 is 2.32 bits per heavy atom. The minimum Gasteiger partial charge on any atom is -0.369 e. The van der Waals surface area contributed by atoms with Crippen LogP contribution >= 0.6 is 11.6 Å². The molecule has 10 nitrogen and oxygen atoms in total. The fourth-order valence-electron chi connectivity index (χ4n) is 5.00. The number of carbonyl (C=O) groups is 1. The summed E-state index contributed by atoms with van der Waals surface area (Å²) in [5, 5.41) is 5.89. The van der Waals surface area contributed by atoms with Crippen molar-refractivity contribution in [3.05, 3.63) is 35.0 Å². The summed E-state index contributed by atoms with van der Waals surface area (Å²) in [6.07, 6.45) is 4.71. The van der Waals surface area contributed by atoms with Crippen molar-refractivity contribution in [3.63, 3.8) is 0 Å². The van der Waals surface area contributed by atoms with Gasteiger partial charge in [-0.25, -0.2) is 27.2 Å². The van der Waals surface area contributed by atoms with Gasteiger partial charge in [0.15, 0.2) is 17.3 Å². The minimum absolute atomic E-state index is 0.0732. The largest absolute Gasteiger partial charge is 0.369 e. The number of rotatable bonds is 6. The molecule has 3 aromatic rings. The number of benzene rings is 1. The van der Waals surface area contributed by atoms with Gasteiger partial charge >= 0.3 is 0 Å². The fourth-order valence-corrected chi connectivity index (χ4v) is 6.69. The van der Waals surface area contributed by atoms with E-state index < -0.39 is 27.2 Å². The Bertz CT molecular complexity index is 1420. The first-order valence-corrected chi connectivity index (χ1v) is 14.2. The molecule has 198 valence electrons. The number of nitrogens with zero attached hydrogens (tertiary/aromatic N) is 4. The van der Waals surface area contributed by atoms with E-state index in [0.29, 0.717) is 55.6 Å². The van der Waals surface area contributed by atoms with Gasteiger partial charge in [0.2, 0.25) is 17.8 Å². The van der Waals surface area contributed by atoms with E-state index in [1.54, 1.807) is 4.57 Å². The molecule has 0 radical (unpaired) electrons. The van der Waals surface area contributed by atoms with Gasteiger partial charge in [-0.05, 0) is 50.7 Å². The van der Waals surface area contributed by atoms with Crippen LogP contribution < -0.4 is 16.4 Å². The van der Waals surface area contributed by atoms with Crippen molar-refractivity contribution in [3.8, 4) is 0 Å². The first kappa shape index (κ1) is 25.6. The molecule has 1 saturated carbocycles. The first-order valence-electron chi connectivity index (χ1n) is 12.0. The van der Waals surface area contributed by atoms with E-state index in [1.165, 1.54) is 6.20 Å². The van der Waals surface area contributed by atoms with Gasteiger partial charge in [0.1, 0.15) is 21.0 Å². The molecule has 1 aliphatic carbocycles. The molecule has 1 amide bonds. The van der Waals surface area contributed by atoms with E-state index in [1.807, 2.05) is 0 Å². The van der Waals surface area contributed by atoms with Gasteiger partial charge < -0.3 is 16.4 Å². The van der Waals surface area contributed by atoms with Gasteiger partial charge in [-0.15, -0.1) is 0 Å². The van der Waals surface area contributed by atoms with Crippen LogP contribution in [-0.2, 0) is 14.6 Å². The van der Waals surface area contributed by atoms with Crippen molar-refractivity contribution in [2.45, 2.75) is 50.6 Å². The number of nitrogens with one attached hydrogen (secondary N) is 2. The third kappa shape index (κ3) is 5.47. The zero-order valence-electron chi connectivity index (χ0n) is 19.8. The summed E-state index contributed by atoms with van der Waals surface area (Å²) in [4.78, 5) is 25.2. The van der Waals surface area contributed by atoms with Crippen LogP contribution in [0.25, 0.3) is 11.2 Å². The summed E-state index contributed by atoms with van der Waals surface area (Å²) in [7, 11) is -3.02. The van der Waals surface area contributed by atoms with Crippen LogP contribution in [0.15, 0.2) is 18.3 Å². The highest BCUT2D eigenvalue weighted by Gasteiger charge is 2.30. The molecule has 1 saturated heterocycles. The average Bonchev–Trinajstić information content (AvgIpc) is 3.20. The van der Waals surface area contributed by atoms with E-state index in [-0.39, 0.29) is 46.4 Å². The SMILES string of the molecule is NC(=O)[C@H]1CC[C@@H](n2c(Nc3c(F)cc(Cl)cc3F)nc3cnc(NC4CCS(=O)(=O)CC4)nc32)CC1. The molecular formula is C23H26ClF2N7O3S. The van der Waals surface area contributed by atoms with E-state index in [9.17, 15) is 22.0 Å². The molecule has 0 unspecified atom stereocenters. The standard InChI is InChI=1S/C23H26ClF2N7O3S/c24-13-9-16(25)19(17(26)10-13)31-23-30-18-11-28-22(29-14-5-7-37(35,36)8-6-14)32-21(18)33(23)15-3-1-12(2-4-15)20(27)34/h9-12,14-15H,1-8H2,(H2,27,34)(H,30,31)(H,28,29,32)/t12-,15+. The topological polar surface area (TPSA) is 145 Å². The number of hydrogen-bond donors (Lipinski definition) is 3. The Kier molecular flexibility index (Phi) is 6.92. The van der Waals surface area contributed by atoms with Crippen LogP contribution in [0.3, 0.4) is 0 Å². The van der Waals surface area contributed by atoms with Gasteiger partial charge in [-0.3, -0.25) is 9.36 Å². The summed E-state index contributed by atoms with van der Waals surface area (Å²) in [5.74, 6) is -1.65. The maximum atomic E-state index is 14.6. The lowest BCUT2D eigenvalue weighted by molar-refractivity contribution is -0.122. The van der Waals surface area contributed by atoms with Crippen LogP contribution in [0, 0.1) is 17.6 Å². The van der Waals surface area contributed by atoms with Crippen LogP contribution in [-0.4, -0.2) is 51.4 Å². The van der Waals surface area contributed by atoms with Gasteiger partial charge in [-0.2, -0.15) is 4.98 Å². The number of primary amides is 1. The molecule has 14 heteroatoms. The quantitative estimate of drug-likeness (QED) is 0.419. The van der Waals surface area contributed by atoms with Crippen molar-refractivity contribution < 1.29 is 22.0 Å². The fraction of sp³-hybridized carbons (Fsp3) is 0.478. The van der Waals surface area contributed by atoms with Crippen molar-refractivity contribution in [1.29, 1.82) is 0 Å². The van der Waals surface area contributed by atoms with Crippen LogP contribution in [0.1, 0.15) is 44.6 Å². The van der Waals surface area contributed by atoms with Crippen LogP contribution in [0.5, 0.6) is 0 Å². The third-order valence-corrected chi connectivity index (χ3v) is 8.96. The highest BCUT2D eigenvalue weighted by molar-refractivity contribution is 7.91. The van der Waals surface area contributed by atoms with Crippen LogP contribution in [0.2, 0.25) is 5.02 Å². The van der Waals surface area contributed by atoms with Gasteiger partial charge in [0.25, 0.3) is 0 Å². The number of anilines is 3. The van der Waals surface area contributed by atoms with E-state index in [0.717, 1.165) is 12.1 Å². The number of carbonyl (C=O) groups excluding carboxylic acids is 1. The number of amides is 1. The highest BCUT2D eigenvalue weighted by atomic mass is 35.5. The molecule has 3 heterocycles. The Hall–Kier alpha value is -3.06. The van der Waals surface area contributed by atoms with Crippen LogP contribution in [0.4, 0.5) is 26.4 Å². The predicted octanol–water partition coefficient (Wildman–Crippen LogP) is 3.71. The number of sulfone groups is 1. The van der Waals surface area contributed by atoms with E-state index in [4.69, 9.17) is 17.3 Å². The molecule has 0 spiro atoms. The lowest BCUT2D eigenvalue weighted by atomic mass is 9.85. The summed E-state index contributed by atoms with van der Waals surface area (Å²) in [5.41, 5.74) is 5.95. The van der Waals surface area contributed by atoms with E-state index >= 15 is 0 Å². The van der Waals surface area contributed by atoms with Gasteiger partial charge in [-0.1, -0.05) is 11.6 Å². The number of nitrogens with two attached hydrogens (primary N) is 1. The lowest BCUT2D eigenvalue weighted by Crippen LogP contribution is -2.32. The smallest absolute Gasteiger partial charge is 0.224 e. The molecule has 1 aromatic carbocycles. The summed E-state index contributed by atoms with van der Waals surface area (Å²) in [6.45, 7) is 0. The molecule has 2 aliphatic rings. The molecule has 1 aliphatic heterocycles. The predicted molar refractivity (Wildman–Crippen MR) is 135 cm³/mol. The van der Waals surface area contributed by atoms with Gasteiger partial charge in [0.05, 0.1) is 17.7 Å². The number of aromatic nitrogens is 4. The normalized spacial score (nSPS) is 22.1. The monoisotopic (exact) mass is 553 g/mol. The molecule has 5 rings (SSSR count). The maximum Gasteiger partial charge on any atom is 0.224 e. The molecule has 4 N–H and O–H groups in total. The number of imidazole rings is 1. The number of halogens is 3. The third-order valence-electron chi connectivity index (χ3n) is 7.03. The molecule has 0 bridgehead atoms. The summed E-state index contributed by atoms with van der Waals surface area (Å²) < 4.78 is 54.5. The molecule has 2 fully saturated rings. The molecule has 0 atom stereocenters. The first-order chi connectivity index (χ1) is 17.6. The van der Waals surface area contributed by atoms with Crippen molar-refractivity contribution >= 4 is 56.1 Å². The molecular weight excluding hydrogens is 528 g/mol. The number of fused-ring (bicyclic) bond motifs is 1. The average molecular weight is 554 g/mol. The van der Waals surface area contributed by atoms with Crippen molar-refractivity contribution in [1.82, 2.24) is 19.5 Å². The van der Waals surface area contributed by atoms with Crippen molar-refractivity contribution in [2.75, 3.05) is 22.1 Å². The maximum absolute atomic E-state index is 14.6. The zero-order valence-corrected chi connectivity index (χ0v) is 21.3. The Morgan fingerprint density at radius 2 is 1.70 bits per heavy atom. The van der Waals surface area contributed by atoms with Crippen molar-refractivity contribution in [2.24, 2.45) is 11.7 Å². The minimum atomic E-state index is -3.02. The van der Waals surface area contributed by atoms with E-state index in [2.05, 4.69) is 25.6 Å². The second-order valence-corrected chi connectivity index (χ2v) is 12.3. The summed E-state index contributed by atoms with van der Waals surface area (Å²) >= 11 is 5.77. The zero-order chi connectivity index (χ0) is 26.3. The Labute approximate surface area is 216 Å². The van der Waals surface area contributed by atoms with Gasteiger partial charge in [0, 0.05) is 23.0 Å². The molecule has 2 aromatic heterocycles. The molecule has 37 heavy (non-hydrogen) atoms. The lowest BCUT2D eigenvalue weighted by Gasteiger charge is -2.29. The Balaban J connectivity index is 1.50. The Morgan fingerprint density at radius 1 is 1.05 bits per heavy atom. The highest BCUT2D eigenvalue weighted by Crippen LogP contribution is 2.37. The number of hydrogen-bond acceptors (Lipinski definition) is 8.